The fraction of sp³-hybridized carbons (Fsp3) is 0.370. The predicted octanol–water partition coefficient (Wildman–Crippen LogP) is 4.86. The summed E-state index contributed by atoms with van der Waals surface area (Å²) in [5.41, 5.74) is 7.25. The van der Waals surface area contributed by atoms with Crippen LogP contribution in [-0.4, -0.2) is 48.1 Å². The Morgan fingerprint density at radius 1 is 0.938 bits per heavy atom. The number of carbonyl (C=O) groups excluding carboxylic acids is 1. The number of nitrogens with zero attached hydrogens (tertiary/aromatic N) is 3. The zero-order valence-electron chi connectivity index (χ0n) is 19.7. The number of nitrogens with one attached hydrogen (secondary N) is 1. The van der Waals surface area contributed by atoms with E-state index in [1.54, 1.807) is 0 Å². The van der Waals surface area contributed by atoms with Gasteiger partial charge in [-0.15, -0.1) is 0 Å². The van der Waals surface area contributed by atoms with Gasteiger partial charge < -0.3 is 19.7 Å². The largest absolute Gasteiger partial charge is 0.369 e. The van der Waals surface area contributed by atoms with E-state index in [2.05, 4.69) is 64.7 Å². The molecule has 3 aromatic rings. The first kappa shape index (κ1) is 22.2. The highest BCUT2D eigenvalue weighted by molar-refractivity contribution is 6.05. The van der Waals surface area contributed by atoms with Gasteiger partial charge in [0, 0.05) is 55.5 Å². The Balaban J connectivity index is 1.47. The van der Waals surface area contributed by atoms with Crippen LogP contribution < -0.4 is 10.2 Å². The van der Waals surface area contributed by atoms with Crippen LogP contribution in [0.5, 0.6) is 0 Å². The lowest BCUT2D eigenvalue weighted by Crippen LogP contribution is -2.46. The van der Waals surface area contributed by atoms with E-state index in [0.717, 1.165) is 67.5 Å². The predicted molar refractivity (Wildman–Crippen MR) is 133 cm³/mol. The third kappa shape index (κ3) is 4.73. The van der Waals surface area contributed by atoms with E-state index < -0.39 is 0 Å². The molecule has 0 saturated carbocycles. The maximum Gasteiger partial charge on any atom is 0.257 e. The Kier molecular flexibility index (Phi) is 6.66. The number of hydrogen-bond acceptors (Lipinski definition) is 3. The molecular weight excluding hydrogens is 396 g/mol. The zero-order chi connectivity index (χ0) is 22.7. The molecule has 1 N–H and O–H groups in total. The van der Waals surface area contributed by atoms with Gasteiger partial charge in [0.1, 0.15) is 0 Å². The average molecular weight is 431 g/mol. The molecule has 0 aliphatic carbocycles. The highest BCUT2D eigenvalue weighted by Crippen LogP contribution is 2.25. The van der Waals surface area contributed by atoms with Gasteiger partial charge in [-0.1, -0.05) is 37.3 Å². The Morgan fingerprint density at radius 2 is 1.66 bits per heavy atom. The van der Waals surface area contributed by atoms with Crippen molar-refractivity contribution >= 4 is 17.3 Å². The van der Waals surface area contributed by atoms with Crippen LogP contribution in [0.25, 0.3) is 0 Å². The van der Waals surface area contributed by atoms with Crippen LogP contribution in [0, 0.1) is 20.8 Å². The molecule has 168 valence electrons. The van der Waals surface area contributed by atoms with Crippen LogP contribution >= 0.6 is 0 Å². The van der Waals surface area contributed by atoms with Crippen LogP contribution in [0.4, 0.5) is 11.4 Å². The molecule has 5 heteroatoms. The molecule has 4 rings (SSSR count). The summed E-state index contributed by atoms with van der Waals surface area (Å²) >= 11 is 0. The summed E-state index contributed by atoms with van der Waals surface area (Å²) in [4.78, 5) is 18.0. The number of amides is 1. The van der Waals surface area contributed by atoms with Crippen molar-refractivity contribution < 1.29 is 4.79 Å². The van der Waals surface area contributed by atoms with Crippen molar-refractivity contribution in [2.45, 2.75) is 34.2 Å². The highest BCUT2D eigenvalue weighted by atomic mass is 16.1. The summed E-state index contributed by atoms with van der Waals surface area (Å²) in [6.45, 7) is 14.6. The molecule has 2 heterocycles. The molecule has 1 aromatic heterocycles. The number of carbonyl (C=O) groups is 1. The Morgan fingerprint density at radius 3 is 2.31 bits per heavy atom. The molecule has 0 spiro atoms. The number of piperazine rings is 1. The first-order valence-corrected chi connectivity index (χ1v) is 11.6. The summed E-state index contributed by atoms with van der Waals surface area (Å²) < 4.78 is 2.20. The van der Waals surface area contributed by atoms with Crippen molar-refractivity contribution in [3.63, 3.8) is 0 Å². The molecule has 0 bridgehead atoms. The Hall–Kier alpha value is -3.05. The van der Waals surface area contributed by atoms with Gasteiger partial charge in [-0.3, -0.25) is 4.79 Å². The second-order valence-corrected chi connectivity index (χ2v) is 8.73. The average Bonchev–Trinajstić information content (AvgIpc) is 3.09. The van der Waals surface area contributed by atoms with Crippen molar-refractivity contribution in [3.05, 3.63) is 82.7 Å². The molecule has 5 nitrogen and oxygen atoms in total. The minimum atomic E-state index is -0.0511. The lowest BCUT2D eigenvalue weighted by atomic mass is 10.1. The van der Waals surface area contributed by atoms with E-state index in [9.17, 15) is 4.79 Å². The highest BCUT2D eigenvalue weighted by Gasteiger charge is 2.19. The number of likely N-dealkylation sites (N-methyl/N-ethyl adjacent to an activating group) is 1. The summed E-state index contributed by atoms with van der Waals surface area (Å²) in [5.74, 6) is -0.0511. The molecule has 0 unspecified atom stereocenters. The zero-order valence-corrected chi connectivity index (χ0v) is 19.7. The fourth-order valence-corrected chi connectivity index (χ4v) is 4.54. The van der Waals surface area contributed by atoms with Gasteiger partial charge in [0.2, 0.25) is 0 Å². The quantitative estimate of drug-likeness (QED) is 0.607. The van der Waals surface area contributed by atoms with Gasteiger partial charge in [-0.25, -0.2) is 0 Å². The third-order valence-electron chi connectivity index (χ3n) is 6.64. The van der Waals surface area contributed by atoms with E-state index in [1.807, 2.05) is 37.3 Å². The van der Waals surface area contributed by atoms with E-state index in [-0.39, 0.29) is 5.91 Å². The lowest BCUT2D eigenvalue weighted by molar-refractivity contribution is 0.102. The van der Waals surface area contributed by atoms with Gasteiger partial charge in [0.05, 0.1) is 5.56 Å². The van der Waals surface area contributed by atoms with Crippen LogP contribution in [0.3, 0.4) is 0 Å². The molecule has 0 radical (unpaired) electrons. The second kappa shape index (κ2) is 9.61. The molecule has 1 saturated heterocycles. The minimum absolute atomic E-state index is 0.0511. The van der Waals surface area contributed by atoms with Crippen molar-refractivity contribution in [2.24, 2.45) is 0 Å². The van der Waals surface area contributed by atoms with Crippen LogP contribution in [0.15, 0.2) is 54.6 Å². The number of benzene rings is 2. The molecule has 1 fully saturated rings. The first-order valence-electron chi connectivity index (χ1n) is 11.6. The van der Waals surface area contributed by atoms with Crippen LogP contribution in [-0.2, 0) is 6.54 Å². The molecule has 0 atom stereocenters. The van der Waals surface area contributed by atoms with Crippen molar-refractivity contribution in [1.29, 1.82) is 0 Å². The van der Waals surface area contributed by atoms with E-state index in [0.29, 0.717) is 0 Å². The Bertz CT molecular complexity index is 1080. The van der Waals surface area contributed by atoms with Crippen LogP contribution in [0.2, 0.25) is 0 Å². The van der Waals surface area contributed by atoms with Crippen molar-refractivity contribution in [3.8, 4) is 0 Å². The number of aromatic nitrogens is 1. The molecule has 2 aromatic carbocycles. The fourth-order valence-electron chi connectivity index (χ4n) is 4.54. The van der Waals surface area contributed by atoms with Crippen molar-refractivity contribution in [2.75, 3.05) is 42.9 Å². The normalized spacial score (nSPS) is 14.6. The van der Waals surface area contributed by atoms with Gasteiger partial charge in [-0.2, -0.15) is 0 Å². The van der Waals surface area contributed by atoms with E-state index in [1.165, 1.54) is 11.3 Å². The molecule has 1 aliphatic heterocycles. The number of hydrogen-bond donors (Lipinski definition) is 1. The van der Waals surface area contributed by atoms with E-state index in [4.69, 9.17) is 0 Å². The number of rotatable bonds is 6. The SMILES string of the molecule is CCN1CCN(c2ccc(NC(=O)c3cc(C)n(Cc4ccccc4)c3C)c(C)c2)CC1. The smallest absolute Gasteiger partial charge is 0.257 e. The van der Waals surface area contributed by atoms with Gasteiger partial charge in [0.25, 0.3) is 5.91 Å². The minimum Gasteiger partial charge on any atom is -0.369 e. The molecule has 32 heavy (non-hydrogen) atoms. The summed E-state index contributed by atoms with van der Waals surface area (Å²) in [6, 6.07) is 18.7. The van der Waals surface area contributed by atoms with Gasteiger partial charge >= 0.3 is 0 Å². The maximum atomic E-state index is 13.1. The third-order valence-corrected chi connectivity index (χ3v) is 6.64. The second-order valence-electron chi connectivity index (χ2n) is 8.73. The van der Waals surface area contributed by atoms with Crippen LogP contribution in [0.1, 0.15) is 39.8 Å². The number of aryl methyl sites for hydroxylation is 2. The van der Waals surface area contributed by atoms with Gasteiger partial charge in [-0.05, 0) is 62.7 Å². The van der Waals surface area contributed by atoms with Crippen molar-refractivity contribution in [1.82, 2.24) is 9.47 Å². The standard InChI is InChI=1S/C27H34N4O/c1-5-29-13-15-30(16-14-29)24-11-12-26(20(2)17-24)28-27(32)25-18-21(3)31(22(25)4)19-23-9-7-6-8-10-23/h6-12,17-18H,5,13-16,19H2,1-4H3,(H,28,32). The number of anilines is 2. The van der Waals surface area contributed by atoms with E-state index >= 15 is 0 Å². The summed E-state index contributed by atoms with van der Waals surface area (Å²) in [7, 11) is 0. The molecular formula is C27H34N4O. The first-order chi connectivity index (χ1) is 15.5. The summed E-state index contributed by atoms with van der Waals surface area (Å²) in [5, 5.41) is 3.14. The maximum absolute atomic E-state index is 13.1. The lowest BCUT2D eigenvalue weighted by Gasteiger charge is -2.35. The molecule has 1 amide bonds. The monoisotopic (exact) mass is 430 g/mol. The topological polar surface area (TPSA) is 40.5 Å². The Labute approximate surface area is 191 Å². The summed E-state index contributed by atoms with van der Waals surface area (Å²) in [6.07, 6.45) is 0. The molecule has 1 aliphatic rings. The van der Waals surface area contributed by atoms with Gasteiger partial charge in [0.15, 0.2) is 0 Å².